The Balaban J connectivity index is 2.84. The topological polar surface area (TPSA) is 54.0 Å². The summed E-state index contributed by atoms with van der Waals surface area (Å²) in [5.41, 5.74) is 0.505. The minimum Gasteiger partial charge on any atom is -0.496 e. The number of rotatable bonds is 9. The van der Waals surface area contributed by atoms with Crippen LogP contribution in [0.1, 0.15) is 52.0 Å². The average molecular weight is 338 g/mol. The summed E-state index contributed by atoms with van der Waals surface area (Å²) in [6.45, 7) is 8.20. The molecular formula is C19H30O5. The maximum absolute atomic E-state index is 12.1. The Morgan fingerprint density at radius 1 is 1.08 bits per heavy atom. The fourth-order valence-electron chi connectivity index (χ4n) is 2.33. The summed E-state index contributed by atoms with van der Waals surface area (Å²) in [5.74, 6) is 2.04. The molecule has 0 aliphatic heterocycles. The van der Waals surface area contributed by atoms with Crippen molar-refractivity contribution in [2.75, 3.05) is 27.9 Å². The highest BCUT2D eigenvalue weighted by Crippen LogP contribution is 2.40. The second-order valence-electron chi connectivity index (χ2n) is 6.51. The van der Waals surface area contributed by atoms with Crippen LogP contribution in [0, 0.1) is 5.41 Å². The van der Waals surface area contributed by atoms with Crippen LogP contribution in [0.5, 0.6) is 17.2 Å². The average Bonchev–Trinajstić information content (AvgIpc) is 2.59. The van der Waals surface area contributed by atoms with Crippen LogP contribution in [0.2, 0.25) is 0 Å². The predicted octanol–water partition coefficient (Wildman–Crippen LogP) is 4.19. The molecule has 0 radical (unpaired) electrons. The van der Waals surface area contributed by atoms with E-state index in [0.717, 1.165) is 12.0 Å². The maximum atomic E-state index is 12.1. The van der Waals surface area contributed by atoms with Crippen molar-refractivity contribution in [2.45, 2.75) is 46.5 Å². The SMILES string of the molecule is CCC(C)(C)C(=O)OCCC(C)c1c(OC)cc(OC)cc1OC. The Labute approximate surface area is 145 Å². The van der Waals surface area contributed by atoms with Crippen molar-refractivity contribution in [2.24, 2.45) is 5.41 Å². The van der Waals surface area contributed by atoms with Gasteiger partial charge in [0.25, 0.3) is 0 Å². The molecular weight excluding hydrogens is 308 g/mol. The lowest BCUT2D eigenvalue weighted by molar-refractivity contribution is -0.154. The molecule has 0 fully saturated rings. The highest BCUT2D eigenvalue weighted by molar-refractivity contribution is 5.75. The van der Waals surface area contributed by atoms with E-state index < -0.39 is 5.41 Å². The number of hydrogen-bond donors (Lipinski definition) is 0. The first-order valence-electron chi connectivity index (χ1n) is 8.27. The van der Waals surface area contributed by atoms with Crippen LogP contribution in [0.25, 0.3) is 0 Å². The van der Waals surface area contributed by atoms with Gasteiger partial charge in [-0.3, -0.25) is 4.79 Å². The molecule has 5 nitrogen and oxygen atoms in total. The molecule has 1 aromatic carbocycles. The van der Waals surface area contributed by atoms with Crippen LogP contribution < -0.4 is 14.2 Å². The van der Waals surface area contributed by atoms with Crippen LogP contribution in [0.4, 0.5) is 0 Å². The van der Waals surface area contributed by atoms with E-state index in [2.05, 4.69) is 6.92 Å². The fourth-order valence-corrected chi connectivity index (χ4v) is 2.33. The molecule has 0 spiro atoms. The van der Waals surface area contributed by atoms with E-state index in [1.165, 1.54) is 0 Å². The van der Waals surface area contributed by atoms with Crippen molar-refractivity contribution in [1.82, 2.24) is 0 Å². The third-order valence-corrected chi connectivity index (χ3v) is 4.47. The number of benzene rings is 1. The van der Waals surface area contributed by atoms with Gasteiger partial charge >= 0.3 is 5.97 Å². The van der Waals surface area contributed by atoms with Crippen molar-refractivity contribution >= 4 is 5.97 Å². The molecule has 1 unspecified atom stereocenters. The zero-order valence-corrected chi connectivity index (χ0v) is 15.9. The monoisotopic (exact) mass is 338 g/mol. The van der Waals surface area contributed by atoms with Gasteiger partial charge in [-0.1, -0.05) is 13.8 Å². The Morgan fingerprint density at radius 3 is 2.04 bits per heavy atom. The number of carbonyl (C=O) groups is 1. The second-order valence-corrected chi connectivity index (χ2v) is 6.51. The zero-order valence-electron chi connectivity index (χ0n) is 15.9. The van der Waals surface area contributed by atoms with Gasteiger partial charge in [-0.05, 0) is 32.6 Å². The first kappa shape index (κ1) is 20.1. The zero-order chi connectivity index (χ0) is 18.3. The van der Waals surface area contributed by atoms with Gasteiger partial charge in [0, 0.05) is 17.7 Å². The lowest BCUT2D eigenvalue weighted by Gasteiger charge is -2.22. The molecule has 0 N–H and O–H groups in total. The van der Waals surface area contributed by atoms with Gasteiger partial charge in [0.2, 0.25) is 0 Å². The summed E-state index contributed by atoms with van der Waals surface area (Å²) in [7, 11) is 4.84. The van der Waals surface area contributed by atoms with Crippen LogP contribution in [0.3, 0.4) is 0 Å². The summed E-state index contributed by atoms with van der Waals surface area (Å²) in [6.07, 6.45) is 1.44. The van der Waals surface area contributed by atoms with Gasteiger partial charge in [0.15, 0.2) is 0 Å². The van der Waals surface area contributed by atoms with Crippen molar-refractivity contribution in [3.8, 4) is 17.2 Å². The summed E-state index contributed by atoms with van der Waals surface area (Å²) in [5, 5.41) is 0. The molecule has 0 heterocycles. The number of methoxy groups -OCH3 is 3. The van der Waals surface area contributed by atoms with Crippen molar-refractivity contribution in [3.63, 3.8) is 0 Å². The standard InChI is InChI=1S/C19H30O5/c1-8-19(3,4)18(20)24-10-9-13(2)17-15(22-6)11-14(21-5)12-16(17)23-7/h11-13H,8-10H2,1-7H3. The number of ether oxygens (including phenoxy) is 4. The molecule has 0 saturated heterocycles. The first-order chi connectivity index (χ1) is 11.3. The van der Waals surface area contributed by atoms with Crippen molar-refractivity contribution in [1.29, 1.82) is 0 Å². The van der Waals surface area contributed by atoms with Crippen LogP contribution in [0.15, 0.2) is 12.1 Å². The van der Waals surface area contributed by atoms with E-state index in [4.69, 9.17) is 18.9 Å². The summed E-state index contributed by atoms with van der Waals surface area (Å²) < 4.78 is 21.7. The molecule has 1 rings (SSSR count). The third-order valence-electron chi connectivity index (χ3n) is 4.47. The molecule has 1 aromatic rings. The van der Waals surface area contributed by atoms with Gasteiger partial charge in [0.05, 0.1) is 33.4 Å². The van der Waals surface area contributed by atoms with Gasteiger partial charge in [-0.25, -0.2) is 0 Å². The van der Waals surface area contributed by atoms with E-state index in [0.29, 0.717) is 30.3 Å². The van der Waals surface area contributed by atoms with Gasteiger partial charge < -0.3 is 18.9 Å². The lowest BCUT2D eigenvalue weighted by Crippen LogP contribution is -2.26. The van der Waals surface area contributed by atoms with Crippen molar-refractivity contribution in [3.05, 3.63) is 17.7 Å². The molecule has 0 aliphatic rings. The Hall–Kier alpha value is -1.91. The quantitative estimate of drug-likeness (QED) is 0.632. The summed E-state index contributed by atoms with van der Waals surface area (Å²) in [4.78, 5) is 12.1. The lowest BCUT2D eigenvalue weighted by atomic mass is 9.90. The molecule has 24 heavy (non-hydrogen) atoms. The normalized spacial score (nSPS) is 12.5. The van der Waals surface area contributed by atoms with E-state index >= 15 is 0 Å². The molecule has 0 saturated carbocycles. The molecule has 5 heteroatoms. The predicted molar refractivity (Wildman–Crippen MR) is 94.2 cm³/mol. The minimum atomic E-state index is -0.446. The third kappa shape index (κ3) is 4.79. The molecule has 0 aromatic heterocycles. The Kier molecular flexibility index (Phi) is 7.39. The molecule has 1 atom stereocenters. The van der Waals surface area contributed by atoms with E-state index in [1.54, 1.807) is 21.3 Å². The van der Waals surface area contributed by atoms with Gasteiger partial charge in [0.1, 0.15) is 17.2 Å². The van der Waals surface area contributed by atoms with Crippen LogP contribution in [-0.2, 0) is 9.53 Å². The second kappa shape index (κ2) is 8.81. The molecule has 0 amide bonds. The van der Waals surface area contributed by atoms with E-state index in [9.17, 15) is 4.79 Å². The molecule has 136 valence electrons. The highest BCUT2D eigenvalue weighted by atomic mass is 16.5. The number of esters is 1. The van der Waals surface area contributed by atoms with Crippen molar-refractivity contribution < 1.29 is 23.7 Å². The van der Waals surface area contributed by atoms with Crippen LogP contribution in [-0.4, -0.2) is 33.9 Å². The minimum absolute atomic E-state index is 0.110. The fraction of sp³-hybridized carbons (Fsp3) is 0.632. The maximum Gasteiger partial charge on any atom is 0.311 e. The molecule has 0 aliphatic carbocycles. The Bertz CT molecular complexity index is 526. The largest absolute Gasteiger partial charge is 0.496 e. The smallest absolute Gasteiger partial charge is 0.311 e. The number of carbonyl (C=O) groups excluding carboxylic acids is 1. The van der Waals surface area contributed by atoms with Crippen LogP contribution >= 0.6 is 0 Å². The Morgan fingerprint density at radius 2 is 1.62 bits per heavy atom. The molecule has 0 bridgehead atoms. The van der Waals surface area contributed by atoms with Gasteiger partial charge in [-0.2, -0.15) is 0 Å². The summed E-state index contributed by atoms with van der Waals surface area (Å²) >= 11 is 0. The van der Waals surface area contributed by atoms with E-state index in [-0.39, 0.29) is 11.9 Å². The first-order valence-corrected chi connectivity index (χ1v) is 8.27. The highest BCUT2D eigenvalue weighted by Gasteiger charge is 2.27. The number of hydrogen-bond acceptors (Lipinski definition) is 5. The summed E-state index contributed by atoms with van der Waals surface area (Å²) in [6, 6.07) is 3.67. The van der Waals surface area contributed by atoms with Gasteiger partial charge in [-0.15, -0.1) is 0 Å². The van der Waals surface area contributed by atoms with E-state index in [1.807, 2.05) is 32.9 Å².